The minimum absolute atomic E-state index is 0.0624. The van der Waals surface area contributed by atoms with Gasteiger partial charge >= 0.3 is 0 Å². The third-order valence-corrected chi connectivity index (χ3v) is 4.13. The fraction of sp³-hybridized carbons (Fsp3) is 0.632. The number of methoxy groups -OCH3 is 1. The zero-order chi connectivity index (χ0) is 17.2. The van der Waals surface area contributed by atoms with Gasteiger partial charge in [-0.05, 0) is 44.6 Å². The molecule has 1 aromatic rings. The predicted octanol–water partition coefficient (Wildman–Crippen LogP) is 4.18. The minimum Gasteiger partial charge on any atom is -0.493 e. The predicted molar refractivity (Wildman–Crippen MR) is 94.7 cm³/mol. The van der Waals surface area contributed by atoms with E-state index in [0.29, 0.717) is 23.7 Å². The van der Waals surface area contributed by atoms with Crippen LogP contribution in [0.15, 0.2) is 18.2 Å². The van der Waals surface area contributed by atoms with Crippen LogP contribution in [0, 0.1) is 0 Å². The molecule has 0 spiro atoms. The Hall–Kier alpha value is -1.55. The molecular formula is C19H31NO3. The van der Waals surface area contributed by atoms with Crippen molar-refractivity contribution < 1.29 is 14.3 Å². The monoisotopic (exact) mass is 321 g/mol. The number of Topliss-reactive ketones (excluding diaryl/α,β-unsaturated/α-hetero) is 1. The van der Waals surface area contributed by atoms with Gasteiger partial charge in [0.1, 0.15) is 0 Å². The highest BCUT2D eigenvalue weighted by Gasteiger charge is 2.25. The van der Waals surface area contributed by atoms with E-state index in [-0.39, 0.29) is 11.8 Å². The van der Waals surface area contributed by atoms with Gasteiger partial charge in [0.25, 0.3) is 0 Å². The molecule has 0 radical (unpaired) electrons. The summed E-state index contributed by atoms with van der Waals surface area (Å²) in [5.41, 5.74) is 0.693. The maximum Gasteiger partial charge on any atom is 0.180 e. The zero-order valence-corrected chi connectivity index (χ0v) is 15.2. The maximum atomic E-state index is 13.0. The molecule has 0 saturated carbocycles. The number of nitrogens with zero attached hydrogens (tertiary/aromatic N) is 1. The zero-order valence-electron chi connectivity index (χ0n) is 15.2. The minimum atomic E-state index is -0.0624. The molecule has 0 aliphatic heterocycles. The average molecular weight is 321 g/mol. The Morgan fingerprint density at radius 1 is 1.13 bits per heavy atom. The van der Waals surface area contributed by atoms with Crippen molar-refractivity contribution in [3.8, 4) is 11.5 Å². The van der Waals surface area contributed by atoms with Crippen molar-refractivity contribution in [2.45, 2.75) is 53.0 Å². The van der Waals surface area contributed by atoms with E-state index in [0.717, 1.165) is 32.4 Å². The fourth-order valence-electron chi connectivity index (χ4n) is 2.83. The molecule has 0 N–H and O–H groups in total. The van der Waals surface area contributed by atoms with Crippen LogP contribution in [0.1, 0.15) is 57.3 Å². The molecule has 1 unspecified atom stereocenters. The van der Waals surface area contributed by atoms with Gasteiger partial charge in [-0.3, -0.25) is 9.69 Å². The van der Waals surface area contributed by atoms with Gasteiger partial charge in [0.2, 0.25) is 0 Å². The van der Waals surface area contributed by atoms with Crippen LogP contribution in [0.5, 0.6) is 11.5 Å². The molecule has 1 atom stereocenters. The van der Waals surface area contributed by atoms with Crippen molar-refractivity contribution in [1.82, 2.24) is 4.90 Å². The molecule has 0 aliphatic rings. The molecule has 130 valence electrons. The lowest BCUT2D eigenvalue weighted by atomic mass is 9.97. The number of hydrogen-bond donors (Lipinski definition) is 0. The molecule has 4 nitrogen and oxygen atoms in total. The van der Waals surface area contributed by atoms with Crippen LogP contribution in [0.3, 0.4) is 0 Å². The van der Waals surface area contributed by atoms with Crippen LogP contribution in [-0.2, 0) is 0 Å². The Bertz CT molecular complexity index is 484. The highest BCUT2D eigenvalue weighted by molar-refractivity contribution is 6.00. The van der Waals surface area contributed by atoms with Crippen molar-refractivity contribution >= 4 is 5.78 Å². The van der Waals surface area contributed by atoms with Crippen LogP contribution in [-0.4, -0.2) is 43.5 Å². The first-order chi connectivity index (χ1) is 11.1. The molecule has 0 heterocycles. The second-order valence-electron chi connectivity index (χ2n) is 5.54. The summed E-state index contributed by atoms with van der Waals surface area (Å²) in [4.78, 5) is 15.2. The van der Waals surface area contributed by atoms with Crippen molar-refractivity contribution in [2.75, 3.05) is 26.8 Å². The number of rotatable bonds is 11. The fourth-order valence-corrected chi connectivity index (χ4v) is 2.83. The quantitative estimate of drug-likeness (QED) is 0.573. The number of benzene rings is 1. The van der Waals surface area contributed by atoms with E-state index in [4.69, 9.17) is 9.47 Å². The normalized spacial score (nSPS) is 12.3. The van der Waals surface area contributed by atoms with Crippen LogP contribution in [0.4, 0.5) is 0 Å². The lowest BCUT2D eigenvalue weighted by Gasteiger charge is -2.28. The molecule has 4 heteroatoms. The summed E-state index contributed by atoms with van der Waals surface area (Å²) in [6.45, 7) is 10.6. The van der Waals surface area contributed by atoms with Gasteiger partial charge < -0.3 is 9.47 Å². The van der Waals surface area contributed by atoms with E-state index in [1.165, 1.54) is 0 Å². The summed E-state index contributed by atoms with van der Waals surface area (Å²) in [7, 11) is 1.60. The Balaban J connectivity index is 3.06. The highest BCUT2D eigenvalue weighted by atomic mass is 16.5. The average Bonchev–Trinajstić information content (AvgIpc) is 2.58. The number of ether oxygens (including phenoxy) is 2. The second-order valence-corrected chi connectivity index (χ2v) is 5.54. The Kier molecular flexibility index (Phi) is 8.70. The van der Waals surface area contributed by atoms with E-state index in [2.05, 4.69) is 25.7 Å². The van der Waals surface area contributed by atoms with Gasteiger partial charge in [-0.2, -0.15) is 0 Å². The number of hydrogen-bond acceptors (Lipinski definition) is 4. The molecule has 0 aliphatic carbocycles. The first kappa shape index (κ1) is 19.5. The Labute approximate surface area is 140 Å². The van der Waals surface area contributed by atoms with Crippen LogP contribution < -0.4 is 9.47 Å². The Morgan fingerprint density at radius 3 is 2.35 bits per heavy atom. The van der Waals surface area contributed by atoms with Gasteiger partial charge in [-0.25, -0.2) is 0 Å². The highest BCUT2D eigenvalue weighted by Crippen LogP contribution is 2.29. The smallest absolute Gasteiger partial charge is 0.180 e. The van der Waals surface area contributed by atoms with E-state index in [9.17, 15) is 4.79 Å². The first-order valence-corrected chi connectivity index (χ1v) is 8.71. The molecule has 0 bridgehead atoms. The molecule has 23 heavy (non-hydrogen) atoms. The first-order valence-electron chi connectivity index (χ1n) is 8.71. The van der Waals surface area contributed by atoms with E-state index >= 15 is 0 Å². The number of likely N-dealkylation sites (N-methyl/N-ethyl adjacent to an activating group) is 1. The van der Waals surface area contributed by atoms with Crippen molar-refractivity contribution in [2.24, 2.45) is 0 Å². The van der Waals surface area contributed by atoms with E-state index < -0.39 is 0 Å². The van der Waals surface area contributed by atoms with Crippen molar-refractivity contribution in [3.05, 3.63) is 23.8 Å². The van der Waals surface area contributed by atoms with Crippen molar-refractivity contribution in [3.63, 3.8) is 0 Å². The molecule has 0 amide bonds. The summed E-state index contributed by atoms with van der Waals surface area (Å²) >= 11 is 0. The molecule has 0 aromatic heterocycles. The van der Waals surface area contributed by atoms with E-state index in [1.807, 2.05) is 19.1 Å². The molecule has 1 rings (SSSR count). The van der Waals surface area contributed by atoms with Crippen LogP contribution in [0.25, 0.3) is 0 Å². The van der Waals surface area contributed by atoms with Gasteiger partial charge in [0, 0.05) is 5.56 Å². The standard InChI is InChI=1S/C19H31NO3/c1-6-10-11-16(20(7-2)8-3)19(21)15-12-13-17(23-9-4)18(14-15)22-5/h12-14,16H,6-11H2,1-5H3. The molecule has 1 aromatic carbocycles. The van der Waals surface area contributed by atoms with Gasteiger partial charge in [-0.15, -0.1) is 0 Å². The number of ketones is 1. The summed E-state index contributed by atoms with van der Waals surface area (Å²) in [6, 6.07) is 5.41. The SMILES string of the molecule is CCCCC(C(=O)c1ccc(OCC)c(OC)c1)N(CC)CC. The summed E-state index contributed by atoms with van der Waals surface area (Å²) in [6.07, 6.45) is 3.05. The molecule has 0 fully saturated rings. The largest absolute Gasteiger partial charge is 0.493 e. The Morgan fingerprint density at radius 2 is 1.83 bits per heavy atom. The van der Waals surface area contributed by atoms with Crippen LogP contribution >= 0.6 is 0 Å². The number of unbranched alkanes of at least 4 members (excludes halogenated alkanes) is 1. The van der Waals surface area contributed by atoms with Crippen LogP contribution in [0.2, 0.25) is 0 Å². The summed E-state index contributed by atoms with van der Waals surface area (Å²) < 4.78 is 10.9. The van der Waals surface area contributed by atoms with Crippen molar-refractivity contribution in [1.29, 1.82) is 0 Å². The number of carbonyl (C=O) groups is 1. The lowest BCUT2D eigenvalue weighted by Crippen LogP contribution is -2.41. The molecule has 0 saturated heterocycles. The maximum absolute atomic E-state index is 13.0. The third kappa shape index (κ3) is 5.24. The van der Waals surface area contributed by atoms with Gasteiger partial charge in [0.05, 0.1) is 19.8 Å². The van der Waals surface area contributed by atoms with Gasteiger partial charge in [-0.1, -0.05) is 33.6 Å². The molecular weight excluding hydrogens is 290 g/mol. The van der Waals surface area contributed by atoms with Gasteiger partial charge in [0.15, 0.2) is 17.3 Å². The number of carbonyl (C=O) groups excluding carboxylic acids is 1. The second kappa shape index (κ2) is 10.3. The lowest BCUT2D eigenvalue weighted by molar-refractivity contribution is 0.0816. The topological polar surface area (TPSA) is 38.8 Å². The van der Waals surface area contributed by atoms with E-state index in [1.54, 1.807) is 13.2 Å². The third-order valence-electron chi connectivity index (χ3n) is 4.13. The summed E-state index contributed by atoms with van der Waals surface area (Å²) in [5, 5.41) is 0. The summed E-state index contributed by atoms with van der Waals surface area (Å²) in [5.74, 6) is 1.47.